The van der Waals surface area contributed by atoms with Crippen molar-refractivity contribution in [3.8, 4) is 0 Å². The summed E-state index contributed by atoms with van der Waals surface area (Å²) in [5.41, 5.74) is 0.759. The lowest BCUT2D eigenvalue weighted by molar-refractivity contribution is -0.173. The predicted molar refractivity (Wildman–Crippen MR) is 92.0 cm³/mol. The highest BCUT2D eigenvalue weighted by Gasteiger charge is 2.46. The lowest BCUT2D eigenvalue weighted by Crippen LogP contribution is -2.35. The first-order chi connectivity index (χ1) is 12.4. The van der Waals surface area contributed by atoms with E-state index in [4.69, 9.17) is 0 Å². The number of halogens is 3. The molecule has 0 saturated heterocycles. The molecule has 0 saturated carbocycles. The monoisotopic (exact) mass is 366 g/mol. The summed E-state index contributed by atoms with van der Waals surface area (Å²) in [4.78, 5) is 12.1. The van der Waals surface area contributed by atoms with Gasteiger partial charge in [-0.05, 0) is 12.0 Å². The topological polar surface area (TPSA) is 59.0 Å². The van der Waals surface area contributed by atoms with Crippen LogP contribution in [0.4, 0.5) is 19.0 Å². The normalized spacial score (nSPS) is 19.5. The Morgan fingerprint density at radius 3 is 2.73 bits per heavy atom. The summed E-state index contributed by atoms with van der Waals surface area (Å²) in [6, 6.07) is 8.08. The van der Waals surface area contributed by atoms with E-state index in [0.29, 0.717) is 6.54 Å². The first kappa shape index (κ1) is 18.3. The number of carbonyl (C=O) groups is 1. The molecule has 3 rings (SSSR count). The van der Waals surface area contributed by atoms with Gasteiger partial charge in [0.15, 0.2) is 11.7 Å². The highest BCUT2D eigenvalue weighted by atomic mass is 19.4. The Bertz CT molecular complexity index is 758. The average molecular weight is 366 g/mol. The molecule has 0 spiro atoms. The smallest absolute Gasteiger partial charge is 0.363 e. The summed E-state index contributed by atoms with van der Waals surface area (Å²) in [5, 5.41) is 9.69. The average Bonchev–Trinajstić information content (AvgIpc) is 3.05. The first-order valence-electron chi connectivity index (χ1n) is 8.66. The van der Waals surface area contributed by atoms with Crippen LogP contribution >= 0.6 is 0 Å². The van der Waals surface area contributed by atoms with Crippen LogP contribution in [0.5, 0.6) is 0 Å². The summed E-state index contributed by atoms with van der Waals surface area (Å²) >= 11 is 0. The van der Waals surface area contributed by atoms with E-state index in [0.717, 1.165) is 23.1 Å². The number of alkyl halides is 3. The van der Waals surface area contributed by atoms with Crippen molar-refractivity contribution in [1.82, 2.24) is 15.1 Å². The zero-order valence-electron chi connectivity index (χ0n) is 14.4. The fourth-order valence-electron chi connectivity index (χ4n) is 3.06. The second-order valence-electron chi connectivity index (χ2n) is 6.37. The number of anilines is 1. The molecule has 140 valence electrons. The maximum atomic E-state index is 13.6. The third-order valence-electron chi connectivity index (χ3n) is 4.44. The fraction of sp³-hybridized carbons (Fsp3) is 0.444. The molecule has 5 nitrogen and oxygen atoms in total. The Morgan fingerprint density at radius 2 is 2.08 bits per heavy atom. The van der Waals surface area contributed by atoms with Crippen LogP contribution in [0.3, 0.4) is 0 Å². The summed E-state index contributed by atoms with van der Waals surface area (Å²) in [5.74, 6) is -0.257. The van der Waals surface area contributed by atoms with Crippen LogP contribution in [0, 0.1) is 0 Å². The number of unbranched alkanes of at least 4 members (excludes halogenated alkanes) is 1. The van der Waals surface area contributed by atoms with Crippen LogP contribution in [0.2, 0.25) is 0 Å². The minimum absolute atomic E-state index is 0.00781. The Morgan fingerprint density at radius 1 is 1.35 bits per heavy atom. The van der Waals surface area contributed by atoms with Crippen molar-refractivity contribution >= 4 is 11.7 Å². The molecule has 8 heteroatoms. The van der Waals surface area contributed by atoms with Crippen LogP contribution < -0.4 is 10.6 Å². The van der Waals surface area contributed by atoms with Gasteiger partial charge in [0.2, 0.25) is 0 Å². The predicted octanol–water partition coefficient (Wildman–Crippen LogP) is 4.07. The van der Waals surface area contributed by atoms with Gasteiger partial charge in [-0.3, -0.25) is 4.79 Å². The van der Waals surface area contributed by atoms with Gasteiger partial charge in [0.05, 0.1) is 6.04 Å². The lowest BCUT2D eigenvalue weighted by Gasteiger charge is -2.33. The van der Waals surface area contributed by atoms with Crippen molar-refractivity contribution in [1.29, 1.82) is 0 Å². The van der Waals surface area contributed by atoms with Crippen molar-refractivity contribution in [2.75, 3.05) is 11.9 Å². The summed E-state index contributed by atoms with van der Waals surface area (Å²) in [6.45, 7) is 2.46. The zero-order chi connectivity index (χ0) is 18.7. The number of amides is 1. The molecule has 1 aliphatic heterocycles. The minimum atomic E-state index is -4.45. The number of hydrogen-bond acceptors (Lipinski definition) is 3. The van der Waals surface area contributed by atoms with Crippen molar-refractivity contribution in [3.63, 3.8) is 0 Å². The molecule has 1 aromatic heterocycles. The molecule has 0 bridgehead atoms. The lowest BCUT2D eigenvalue weighted by atomic mass is 9.97. The van der Waals surface area contributed by atoms with E-state index >= 15 is 0 Å². The van der Waals surface area contributed by atoms with E-state index < -0.39 is 24.2 Å². The molecule has 1 aliphatic rings. The molecule has 0 unspecified atom stereocenters. The third kappa shape index (κ3) is 3.84. The Labute approximate surface area is 149 Å². The third-order valence-corrected chi connectivity index (χ3v) is 4.44. The fourth-order valence-corrected chi connectivity index (χ4v) is 3.06. The van der Waals surface area contributed by atoms with Gasteiger partial charge in [-0.1, -0.05) is 43.7 Å². The van der Waals surface area contributed by atoms with Gasteiger partial charge in [-0.25, -0.2) is 4.68 Å². The van der Waals surface area contributed by atoms with Crippen molar-refractivity contribution < 1.29 is 18.0 Å². The number of carbonyl (C=O) groups excluding carboxylic acids is 1. The molecular weight excluding hydrogens is 345 g/mol. The van der Waals surface area contributed by atoms with E-state index in [-0.39, 0.29) is 17.9 Å². The highest BCUT2D eigenvalue weighted by Crippen LogP contribution is 2.43. The number of hydrogen-bond donors (Lipinski definition) is 2. The summed E-state index contributed by atoms with van der Waals surface area (Å²) < 4.78 is 41.6. The molecule has 2 atom stereocenters. The van der Waals surface area contributed by atoms with E-state index in [1.165, 1.54) is 6.07 Å². The van der Waals surface area contributed by atoms with Crippen LogP contribution in [-0.4, -0.2) is 28.4 Å². The molecule has 0 aliphatic carbocycles. The van der Waals surface area contributed by atoms with Gasteiger partial charge in [-0.2, -0.15) is 18.3 Å². The summed E-state index contributed by atoms with van der Waals surface area (Å²) in [7, 11) is 0. The van der Waals surface area contributed by atoms with Gasteiger partial charge in [0.1, 0.15) is 5.82 Å². The Hall–Kier alpha value is -2.51. The molecule has 0 radical (unpaired) electrons. The zero-order valence-corrected chi connectivity index (χ0v) is 14.4. The second-order valence-corrected chi connectivity index (χ2v) is 6.37. The van der Waals surface area contributed by atoms with Crippen LogP contribution in [0.1, 0.15) is 54.3 Å². The standard InChI is InChI=1S/C18H21F3N4O/c1-2-3-9-22-17(26)14-11-16-23-13(12-7-5-4-6-8-12)10-15(18(19,20)21)25(16)24-14/h4-8,11,13,15,23H,2-3,9-10H2,1H3,(H,22,26)/t13-,15+/m0/s1. The number of rotatable bonds is 5. The number of nitrogens with one attached hydrogen (secondary N) is 2. The highest BCUT2D eigenvalue weighted by molar-refractivity contribution is 5.93. The number of aromatic nitrogens is 2. The van der Waals surface area contributed by atoms with E-state index in [9.17, 15) is 18.0 Å². The maximum Gasteiger partial charge on any atom is 0.410 e. The largest absolute Gasteiger partial charge is 0.410 e. The molecular formula is C18H21F3N4O. The minimum Gasteiger partial charge on any atom is -0.363 e. The Balaban J connectivity index is 1.88. The van der Waals surface area contributed by atoms with Gasteiger partial charge < -0.3 is 10.6 Å². The molecule has 2 N–H and O–H groups in total. The molecule has 2 aromatic rings. The molecule has 1 aromatic carbocycles. The van der Waals surface area contributed by atoms with Crippen molar-refractivity contribution in [2.45, 2.75) is 44.4 Å². The van der Waals surface area contributed by atoms with E-state index in [2.05, 4.69) is 15.7 Å². The SMILES string of the molecule is CCCCNC(=O)c1cc2n(n1)[C@@H](C(F)(F)F)C[C@@H](c1ccccc1)N2. The van der Waals surface area contributed by atoms with Crippen LogP contribution in [0.25, 0.3) is 0 Å². The molecule has 1 amide bonds. The number of fused-ring (bicyclic) bond motifs is 1. The van der Waals surface area contributed by atoms with Gasteiger partial charge in [0.25, 0.3) is 5.91 Å². The molecule has 26 heavy (non-hydrogen) atoms. The van der Waals surface area contributed by atoms with Gasteiger partial charge in [-0.15, -0.1) is 0 Å². The van der Waals surface area contributed by atoms with Gasteiger partial charge in [0, 0.05) is 19.0 Å². The molecule has 0 fully saturated rings. The Kier molecular flexibility index (Phi) is 5.20. The van der Waals surface area contributed by atoms with Crippen molar-refractivity contribution in [3.05, 3.63) is 47.7 Å². The first-order valence-corrected chi connectivity index (χ1v) is 8.66. The van der Waals surface area contributed by atoms with Crippen molar-refractivity contribution in [2.24, 2.45) is 0 Å². The summed E-state index contributed by atoms with van der Waals surface area (Å²) in [6.07, 6.45) is -2.92. The maximum absolute atomic E-state index is 13.6. The quantitative estimate of drug-likeness (QED) is 0.784. The number of benzene rings is 1. The van der Waals surface area contributed by atoms with Crippen LogP contribution in [0.15, 0.2) is 36.4 Å². The second kappa shape index (κ2) is 7.39. The van der Waals surface area contributed by atoms with Crippen LogP contribution in [-0.2, 0) is 0 Å². The molecule has 2 heterocycles. The number of nitrogens with zero attached hydrogens (tertiary/aromatic N) is 2. The van der Waals surface area contributed by atoms with Gasteiger partial charge >= 0.3 is 6.18 Å². The van der Waals surface area contributed by atoms with E-state index in [1.54, 1.807) is 24.3 Å². The van der Waals surface area contributed by atoms with E-state index in [1.807, 2.05) is 13.0 Å².